The van der Waals surface area contributed by atoms with Gasteiger partial charge in [0.05, 0.1) is 10.8 Å². The van der Waals surface area contributed by atoms with Crippen LogP contribution in [0.4, 0.5) is 0 Å². The summed E-state index contributed by atoms with van der Waals surface area (Å²) in [6.07, 6.45) is 0. The van der Waals surface area contributed by atoms with Gasteiger partial charge in [0, 0.05) is 10.6 Å². The molecule has 0 fully saturated rings. The van der Waals surface area contributed by atoms with Gasteiger partial charge in [0.2, 0.25) is 0 Å². The van der Waals surface area contributed by atoms with Crippen LogP contribution in [0.15, 0.2) is 18.2 Å². The normalized spacial score (nSPS) is 10.2. The molecule has 1 rings (SSSR count). The fraction of sp³-hybridized carbons (Fsp3) is 0.300. The zero-order valence-corrected chi connectivity index (χ0v) is 10.0. The van der Waals surface area contributed by atoms with Crippen LogP contribution in [0.5, 0.6) is 0 Å². The minimum atomic E-state index is 0.0318. The zero-order valence-electron chi connectivity index (χ0n) is 7.72. The van der Waals surface area contributed by atoms with Crippen LogP contribution in [0.2, 0.25) is 10.0 Å². The predicted molar refractivity (Wildman–Crippen MR) is 63.8 cm³/mol. The lowest BCUT2D eigenvalue weighted by atomic mass is 10.1. The van der Waals surface area contributed by atoms with Crippen LogP contribution in [-0.4, -0.2) is 17.3 Å². The first kappa shape index (κ1) is 11.9. The van der Waals surface area contributed by atoms with E-state index in [4.69, 9.17) is 23.2 Å². The maximum atomic E-state index is 11.6. The fourth-order valence-corrected chi connectivity index (χ4v) is 1.92. The van der Waals surface area contributed by atoms with Gasteiger partial charge in [0.1, 0.15) is 0 Å². The largest absolute Gasteiger partial charge is 0.293 e. The van der Waals surface area contributed by atoms with Crippen molar-refractivity contribution in [1.29, 1.82) is 0 Å². The highest BCUT2D eigenvalue weighted by molar-refractivity contribution is 7.99. The Labute approximate surface area is 97.8 Å². The number of benzene rings is 1. The van der Waals surface area contributed by atoms with E-state index >= 15 is 0 Å². The smallest absolute Gasteiger partial charge is 0.174 e. The summed E-state index contributed by atoms with van der Waals surface area (Å²) in [6.45, 7) is 2.01. The Morgan fingerprint density at radius 1 is 1.43 bits per heavy atom. The van der Waals surface area contributed by atoms with Crippen molar-refractivity contribution in [2.24, 2.45) is 0 Å². The number of carbonyl (C=O) groups is 1. The summed E-state index contributed by atoms with van der Waals surface area (Å²) in [5, 5.41) is 1.01. The molecule has 4 heteroatoms. The molecular weight excluding hydrogens is 239 g/mol. The summed E-state index contributed by atoms with van der Waals surface area (Å²) in [7, 11) is 0. The first-order chi connectivity index (χ1) is 6.65. The van der Waals surface area contributed by atoms with E-state index in [1.165, 1.54) is 0 Å². The second-order valence-electron chi connectivity index (χ2n) is 2.68. The molecule has 0 bridgehead atoms. The summed E-state index contributed by atoms with van der Waals surface area (Å²) in [4.78, 5) is 11.6. The molecule has 0 spiro atoms. The lowest BCUT2D eigenvalue weighted by Crippen LogP contribution is -2.03. The van der Waals surface area contributed by atoms with Crippen molar-refractivity contribution < 1.29 is 4.79 Å². The van der Waals surface area contributed by atoms with Gasteiger partial charge in [-0.05, 0) is 24.0 Å². The van der Waals surface area contributed by atoms with Crippen molar-refractivity contribution in [3.8, 4) is 0 Å². The lowest BCUT2D eigenvalue weighted by molar-refractivity contribution is 0.102. The number of Topliss-reactive ketones (excluding diaryl/α,β-unsaturated/α-hetero) is 1. The lowest BCUT2D eigenvalue weighted by Gasteiger charge is -2.02. The Morgan fingerprint density at radius 3 is 2.79 bits per heavy atom. The quantitative estimate of drug-likeness (QED) is 0.752. The predicted octanol–water partition coefficient (Wildman–Crippen LogP) is 3.93. The standard InChI is InChI=1S/C10H10Cl2OS/c1-2-14-6-10(13)8-5-7(11)3-4-9(8)12/h3-5H,2,6H2,1H3. The van der Waals surface area contributed by atoms with E-state index in [-0.39, 0.29) is 5.78 Å². The Morgan fingerprint density at radius 2 is 2.14 bits per heavy atom. The van der Waals surface area contributed by atoms with Crippen LogP contribution in [0.3, 0.4) is 0 Å². The molecule has 0 aromatic heterocycles. The van der Waals surface area contributed by atoms with Gasteiger partial charge in [-0.2, -0.15) is 11.8 Å². The zero-order chi connectivity index (χ0) is 10.6. The Kier molecular flexibility index (Phi) is 4.79. The molecule has 14 heavy (non-hydrogen) atoms. The van der Waals surface area contributed by atoms with Crippen molar-refractivity contribution >= 4 is 40.7 Å². The highest BCUT2D eigenvalue weighted by atomic mass is 35.5. The third-order valence-electron chi connectivity index (χ3n) is 1.67. The molecule has 0 N–H and O–H groups in total. The molecule has 0 saturated heterocycles. The number of hydrogen-bond donors (Lipinski definition) is 0. The van der Waals surface area contributed by atoms with Gasteiger partial charge in [0.25, 0.3) is 0 Å². The van der Waals surface area contributed by atoms with Gasteiger partial charge in [-0.15, -0.1) is 0 Å². The monoisotopic (exact) mass is 248 g/mol. The summed E-state index contributed by atoms with van der Waals surface area (Å²) in [5.41, 5.74) is 0.514. The van der Waals surface area contributed by atoms with Gasteiger partial charge >= 0.3 is 0 Å². The molecule has 0 atom stereocenters. The Hall–Kier alpha value is -0.180. The van der Waals surface area contributed by atoms with E-state index in [1.54, 1.807) is 30.0 Å². The van der Waals surface area contributed by atoms with Crippen molar-refractivity contribution in [2.45, 2.75) is 6.92 Å². The fourth-order valence-electron chi connectivity index (χ4n) is 0.984. The summed E-state index contributed by atoms with van der Waals surface area (Å²) in [6, 6.07) is 4.93. The van der Waals surface area contributed by atoms with E-state index in [0.29, 0.717) is 21.4 Å². The van der Waals surface area contributed by atoms with Crippen molar-refractivity contribution in [3.05, 3.63) is 33.8 Å². The molecule has 0 heterocycles. The first-order valence-corrected chi connectivity index (χ1v) is 6.12. The SMILES string of the molecule is CCSCC(=O)c1cc(Cl)ccc1Cl. The molecule has 0 amide bonds. The molecule has 0 aliphatic heterocycles. The average Bonchev–Trinajstić information content (AvgIpc) is 2.18. The van der Waals surface area contributed by atoms with Gasteiger partial charge in [0.15, 0.2) is 5.78 Å². The minimum absolute atomic E-state index is 0.0318. The molecule has 1 nitrogen and oxygen atoms in total. The van der Waals surface area contributed by atoms with Crippen LogP contribution in [-0.2, 0) is 0 Å². The molecule has 1 aromatic carbocycles. The summed E-state index contributed by atoms with van der Waals surface area (Å²) < 4.78 is 0. The molecule has 1 aromatic rings. The van der Waals surface area contributed by atoms with Gasteiger partial charge in [-0.1, -0.05) is 30.1 Å². The van der Waals surface area contributed by atoms with Crippen LogP contribution in [0.1, 0.15) is 17.3 Å². The Bertz CT molecular complexity index is 339. The van der Waals surface area contributed by atoms with Crippen LogP contribution in [0, 0.1) is 0 Å². The van der Waals surface area contributed by atoms with Crippen molar-refractivity contribution in [2.75, 3.05) is 11.5 Å². The van der Waals surface area contributed by atoms with Crippen LogP contribution < -0.4 is 0 Å². The van der Waals surface area contributed by atoms with E-state index < -0.39 is 0 Å². The van der Waals surface area contributed by atoms with E-state index in [2.05, 4.69) is 0 Å². The number of rotatable bonds is 4. The first-order valence-electron chi connectivity index (χ1n) is 4.21. The molecule has 0 unspecified atom stereocenters. The van der Waals surface area contributed by atoms with Crippen molar-refractivity contribution in [3.63, 3.8) is 0 Å². The maximum Gasteiger partial charge on any atom is 0.174 e. The number of thioether (sulfide) groups is 1. The van der Waals surface area contributed by atoms with Gasteiger partial charge < -0.3 is 0 Å². The molecule has 76 valence electrons. The van der Waals surface area contributed by atoms with Crippen molar-refractivity contribution in [1.82, 2.24) is 0 Å². The van der Waals surface area contributed by atoms with Crippen LogP contribution in [0.25, 0.3) is 0 Å². The molecule has 0 aliphatic carbocycles. The number of hydrogen-bond acceptors (Lipinski definition) is 2. The maximum absolute atomic E-state index is 11.6. The number of ketones is 1. The molecule has 0 aliphatic rings. The van der Waals surface area contributed by atoms with Gasteiger partial charge in [-0.3, -0.25) is 4.79 Å². The van der Waals surface area contributed by atoms with E-state index in [9.17, 15) is 4.79 Å². The summed E-state index contributed by atoms with van der Waals surface area (Å²) in [5.74, 6) is 1.41. The second kappa shape index (κ2) is 5.64. The highest BCUT2D eigenvalue weighted by Crippen LogP contribution is 2.22. The third kappa shape index (κ3) is 3.19. The highest BCUT2D eigenvalue weighted by Gasteiger charge is 2.10. The van der Waals surface area contributed by atoms with Crippen LogP contribution >= 0.6 is 35.0 Å². The Balaban J connectivity index is 2.83. The second-order valence-corrected chi connectivity index (χ2v) is 4.80. The van der Waals surface area contributed by atoms with E-state index in [0.717, 1.165) is 5.75 Å². The molecule has 0 radical (unpaired) electrons. The number of halogens is 2. The topological polar surface area (TPSA) is 17.1 Å². The van der Waals surface area contributed by atoms with Gasteiger partial charge in [-0.25, -0.2) is 0 Å². The number of carbonyl (C=O) groups excluding carboxylic acids is 1. The third-order valence-corrected chi connectivity index (χ3v) is 3.11. The van der Waals surface area contributed by atoms with E-state index in [1.807, 2.05) is 6.92 Å². The minimum Gasteiger partial charge on any atom is -0.293 e. The summed E-state index contributed by atoms with van der Waals surface area (Å²) >= 11 is 13.2. The molecular formula is C10H10Cl2OS. The average molecular weight is 249 g/mol. The molecule has 0 saturated carbocycles.